The van der Waals surface area contributed by atoms with Gasteiger partial charge in [-0.15, -0.1) is 11.3 Å². The standard InChI is InChI=1S/C20H22N4O2S/c1-19(26-3)10-20(25,11-19)16-7-12-4-5-15(24-18(12)27-16)13-6-14(8-22-2)17(21)23-9-13/h4-9,25H,10-11H2,1-3H3,(H2,21,23). The third-order valence-corrected chi connectivity index (χ3v) is 6.42. The number of aliphatic hydroxyl groups is 1. The maximum absolute atomic E-state index is 10.9. The fourth-order valence-electron chi connectivity index (χ4n) is 3.69. The summed E-state index contributed by atoms with van der Waals surface area (Å²) in [5, 5.41) is 12.0. The molecule has 7 heteroatoms. The summed E-state index contributed by atoms with van der Waals surface area (Å²) < 4.78 is 5.48. The first-order valence-electron chi connectivity index (χ1n) is 8.72. The van der Waals surface area contributed by atoms with Crippen LogP contribution in [0.25, 0.3) is 21.5 Å². The maximum Gasteiger partial charge on any atom is 0.132 e. The third kappa shape index (κ3) is 3.12. The zero-order chi connectivity index (χ0) is 19.2. The number of ether oxygens (including phenoxy) is 1. The normalized spacial score (nSPS) is 25.2. The highest BCUT2D eigenvalue weighted by Gasteiger charge is 2.53. The van der Waals surface area contributed by atoms with Gasteiger partial charge >= 0.3 is 0 Å². The Morgan fingerprint density at radius 3 is 2.81 bits per heavy atom. The van der Waals surface area contributed by atoms with Gasteiger partial charge in [0.2, 0.25) is 0 Å². The Kier molecular flexibility index (Phi) is 4.25. The van der Waals surface area contributed by atoms with Crippen molar-refractivity contribution < 1.29 is 9.84 Å². The number of rotatable bonds is 4. The molecule has 3 heterocycles. The van der Waals surface area contributed by atoms with Crippen molar-refractivity contribution in [2.75, 3.05) is 19.9 Å². The number of nitrogen functional groups attached to an aromatic ring is 1. The van der Waals surface area contributed by atoms with E-state index in [2.05, 4.69) is 9.98 Å². The van der Waals surface area contributed by atoms with E-state index in [1.807, 2.05) is 31.2 Å². The van der Waals surface area contributed by atoms with Gasteiger partial charge in [-0.3, -0.25) is 4.99 Å². The van der Waals surface area contributed by atoms with Crippen LogP contribution in [0.5, 0.6) is 0 Å². The molecule has 0 aromatic carbocycles. The lowest BCUT2D eigenvalue weighted by Crippen LogP contribution is -2.53. The van der Waals surface area contributed by atoms with Gasteiger partial charge < -0.3 is 15.6 Å². The van der Waals surface area contributed by atoms with Crippen LogP contribution in [-0.2, 0) is 10.3 Å². The smallest absolute Gasteiger partial charge is 0.132 e. The van der Waals surface area contributed by atoms with Crippen LogP contribution in [0.15, 0.2) is 35.5 Å². The van der Waals surface area contributed by atoms with E-state index in [1.54, 1.807) is 26.6 Å². The first-order valence-corrected chi connectivity index (χ1v) is 9.54. The summed E-state index contributed by atoms with van der Waals surface area (Å²) in [5.74, 6) is 0.442. The van der Waals surface area contributed by atoms with Crippen LogP contribution >= 0.6 is 11.3 Å². The van der Waals surface area contributed by atoms with Crippen LogP contribution in [0, 0.1) is 0 Å². The molecule has 0 amide bonds. The van der Waals surface area contributed by atoms with Gasteiger partial charge in [-0.25, -0.2) is 9.97 Å². The molecule has 140 valence electrons. The van der Waals surface area contributed by atoms with Crippen LogP contribution in [-0.4, -0.2) is 41.0 Å². The summed E-state index contributed by atoms with van der Waals surface area (Å²) in [6.45, 7) is 2.02. The average molecular weight is 382 g/mol. The van der Waals surface area contributed by atoms with Crippen molar-refractivity contribution in [1.82, 2.24) is 9.97 Å². The molecular weight excluding hydrogens is 360 g/mol. The van der Waals surface area contributed by atoms with Crippen LogP contribution in [0.4, 0.5) is 5.82 Å². The van der Waals surface area contributed by atoms with Crippen molar-refractivity contribution in [3.05, 3.63) is 40.9 Å². The molecule has 0 bridgehead atoms. The zero-order valence-corrected chi connectivity index (χ0v) is 16.4. The number of nitrogens with two attached hydrogens (primary N) is 1. The Labute approximate surface area is 161 Å². The SMILES string of the molecule is CN=Cc1cc(-c2ccc3cc(C4(O)CC(C)(OC)C4)sc3n2)cnc1N. The number of aliphatic imine (C=N–C) groups is 1. The highest BCUT2D eigenvalue weighted by molar-refractivity contribution is 7.18. The van der Waals surface area contributed by atoms with Crippen molar-refractivity contribution in [3.8, 4) is 11.3 Å². The molecule has 1 fully saturated rings. The second-order valence-electron chi connectivity index (χ2n) is 7.33. The number of hydrogen-bond acceptors (Lipinski definition) is 7. The minimum Gasteiger partial charge on any atom is -0.384 e. The van der Waals surface area contributed by atoms with E-state index in [0.29, 0.717) is 18.7 Å². The maximum atomic E-state index is 10.9. The summed E-state index contributed by atoms with van der Waals surface area (Å²) in [6, 6.07) is 7.95. The van der Waals surface area contributed by atoms with Crippen LogP contribution in [0.2, 0.25) is 0 Å². The Bertz CT molecular complexity index is 1040. The number of fused-ring (bicyclic) bond motifs is 1. The largest absolute Gasteiger partial charge is 0.384 e. The van der Waals surface area contributed by atoms with E-state index >= 15 is 0 Å². The molecular formula is C20H22N4O2S. The van der Waals surface area contributed by atoms with Gasteiger partial charge in [-0.1, -0.05) is 0 Å². The summed E-state index contributed by atoms with van der Waals surface area (Å²) in [7, 11) is 3.39. The fraction of sp³-hybridized carbons (Fsp3) is 0.350. The van der Waals surface area contributed by atoms with Crippen molar-refractivity contribution in [2.24, 2.45) is 4.99 Å². The quantitative estimate of drug-likeness (QED) is 0.675. The number of methoxy groups -OCH3 is 1. The average Bonchev–Trinajstić information content (AvgIpc) is 3.06. The molecule has 6 nitrogen and oxygen atoms in total. The van der Waals surface area contributed by atoms with Gasteiger partial charge in [0, 0.05) is 60.8 Å². The first-order chi connectivity index (χ1) is 12.9. The molecule has 0 radical (unpaired) electrons. The molecule has 4 rings (SSSR count). The molecule has 27 heavy (non-hydrogen) atoms. The van der Waals surface area contributed by atoms with E-state index in [4.69, 9.17) is 15.5 Å². The lowest BCUT2D eigenvalue weighted by Gasteiger charge is -2.50. The summed E-state index contributed by atoms with van der Waals surface area (Å²) >= 11 is 1.53. The molecule has 1 aliphatic carbocycles. The zero-order valence-electron chi connectivity index (χ0n) is 15.6. The number of aromatic nitrogens is 2. The Morgan fingerprint density at radius 1 is 1.33 bits per heavy atom. The van der Waals surface area contributed by atoms with E-state index in [-0.39, 0.29) is 5.60 Å². The molecule has 1 saturated carbocycles. The van der Waals surface area contributed by atoms with Crippen molar-refractivity contribution in [1.29, 1.82) is 0 Å². The van der Waals surface area contributed by atoms with Crippen LogP contribution in [0.3, 0.4) is 0 Å². The number of thiophene rings is 1. The lowest BCUT2D eigenvalue weighted by molar-refractivity contribution is -0.189. The van der Waals surface area contributed by atoms with Crippen molar-refractivity contribution >= 4 is 33.6 Å². The molecule has 0 unspecified atom stereocenters. The topological polar surface area (TPSA) is 93.6 Å². The fourth-order valence-corrected chi connectivity index (χ4v) is 4.80. The first kappa shape index (κ1) is 18.0. The monoisotopic (exact) mass is 382 g/mol. The Morgan fingerprint density at radius 2 is 2.11 bits per heavy atom. The lowest BCUT2D eigenvalue weighted by atomic mass is 9.67. The molecule has 1 aliphatic rings. The number of nitrogens with zero attached hydrogens (tertiary/aromatic N) is 3. The van der Waals surface area contributed by atoms with Crippen LogP contribution in [0.1, 0.15) is 30.2 Å². The minimum atomic E-state index is -0.830. The van der Waals surface area contributed by atoms with Gasteiger partial charge in [0.15, 0.2) is 0 Å². The molecule has 3 aromatic rings. The highest BCUT2D eigenvalue weighted by atomic mass is 32.1. The second-order valence-corrected chi connectivity index (χ2v) is 8.36. The molecule has 3 N–H and O–H groups in total. The summed E-state index contributed by atoms with van der Waals surface area (Å²) in [4.78, 5) is 14.9. The summed E-state index contributed by atoms with van der Waals surface area (Å²) in [5.41, 5.74) is 7.27. The molecule has 3 aromatic heterocycles. The van der Waals surface area contributed by atoms with E-state index in [9.17, 15) is 5.11 Å². The number of anilines is 1. The van der Waals surface area contributed by atoms with Crippen molar-refractivity contribution in [2.45, 2.75) is 31.0 Å². The van der Waals surface area contributed by atoms with E-state index in [0.717, 1.165) is 31.9 Å². The Balaban J connectivity index is 1.69. The Hall–Kier alpha value is -2.35. The van der Waals surface area contributed by atoms with E-state index in [1.165, 1.54) is 11.3 Å². The van der Waals surface area contributed by atoms with E-state index < -0.39 is 5.60 Å². The van der Waals surface area contributed by atoms with Crippen molar-refractivity contribution in [3.63, 3.8) is 0 Å². The predicted octanol–water partition coefficient (Wildman–Crippen LogP) is 3.38. The summed E-state index contributed by atoms with van der Waals surface area (Å²) in [6.07, 6.45) is 4.59. The van der Waals surface area contributed by atoms with Gasteiger partial charge in [0.05, 0.1) is 11.3 Å². The van der Waals surface area contributed by atoms with Gasteiger partial charge in [0.1, 0.15) is 16.2 Å². The third-order valence-electron chi connectivity index (χ3n) is 5.18. The number of pyridine rings is 2. The van der Waals surface area contributed by atoms with Crippen LogP contribution < -0.4 is 5.73 Å². The predicted molar refractivity (Wildman–Crippen MR) is 109 cm³/mol. The molecule has 0 spiro atoms. The second kappa shape index (κ2) is 6.37. The molecule has 0 aliphatic heterocycles. The minimum absolute atomic E-state index is 0.254. The molecule has 0 atom stereocenters. The van der Waals surface area contributed by atoms with Gasteiger partial charge in [-0.05, 0) is 31.2 Å². The van der Waals surface area contributed by atoms with Gasteiger partial charge in [0.25, 0.3) is 0 Å². The molecule has 0 saturated heterocycles. The van der Waals surface area contributed by atoms with Gasteiger partial charge in [-0.2, -0.15) is 0 Å². The highest BCUT2D eigenvalue weighted by Crippen LogP contribution is 2.52. The number of hydrogen-bond donors (Lipinski definition) is 2.